The highest BCUT2D eigenvalue weighted by molar-refractivity contribution is 5.24. The SMILES string of the molecule is Cc1cccc(CC2(C)CCC(C)(CC3CCC(C)CC3)C2C)c1. The Hall–Kier alpha value is -0.780. The van der Waals surface area contributed by atoms with Gasteiger partial charge >= 0.3 is 0 Å². The molecule has 0 spiro atoms. The summed E-state index contributed by atoms with van der Waals surface area (Å²) in [6, 6.07) is 9.19. The second kappa shape index (κ2) is 6.85. The van der Waals surface area contributed by atoms with E-state index in [1.807, 2.05) is 0 Å². The lowest BCUT2D eigenvalue weighted by atomic mass is 9.64. The zero-order valence-corrected chi connectivity index (χ0v) is 16.7. The average molecular weight is 327 g/mol. The van der Waals surface area contributed by atoms with Gasteiger partial charge in [0, 0.05) is 0 Å². The second-order valence-electron chi connectivity index (χ2n) is 10.0. The van der Waals surface area contributed by atoms with Gasteiger partial charge in [0.1, 0.15) is 0 Å². The summed E-state index contributed by atoms with van der Waals surface area (Å²) in [5, 5.41) is 0. The Balaban J connectivity index is 1.67. The van der Waals surface area contributed by atoms with Crippen molar-refractivity contribution in [3.05, 3.63) is 35.4 Å². The molecule has 1 aromatic rings. The minimum Gasteiger partial charge on any atom is -0.0625 e. The zero-order chi connectivity index (χ0) is 17.4. The number of rotatable bonds is 4. The first-order chi connectivity index (χ1) is 11.3. The van der Waals surface area contributed by atoms with Crippen LogP contribution in [0.5, 0.6) is 0 Å². The summed E-state index contributed by atoms with van der Waals surface area (Å²) >= 11 is 0. The van der Waals surface area contributed by atoms with Crippen molar-refractivity contribution >= 4 is 0 Å². The first-order valence-electron chi connectivity index (χ1n) is 10.4. The smallest absolute Gasteiger partial charge is 0.0222 e. The van der Waals surface area contributed by atoms with Crippen LogP contribution < -0.4 is 0 Å². The topological polar surface area (TPSA) is 0 Å². The van der Waals surface area contributed by atoms with Crippen LogP contribution in [-0.2, 0) is 6.42 Å². The molecule has 0 radical (unpaired) electrons. The van der Waals surface area contributed by atoms with E-state index in [0.717, 1.165) is 17.8 Å². The molecule has 2 aliphatic carbocycles. The van der Waals surface area contributed by atoms with E-state index in [-0.39, 0.29) is 0 Å². The zero-order valence-electron chi connectivity index (χ0n) is 16.7. The predicted molar refractivity (Wildman–Crippen MR) is 105 cm³/mol. The highest BCUT2D eigenvalue weighted by Gasteiger charge is 2.49. The first-order valence-corrected chi connectivity index (χ1v) is 10.4. The summed E-state index contributed by atoms with van der Waals surface area (Å²) < 4.78 is 0. The lowest BCUT2D eigenvalue weighted by Gasteiger charge is -2.40. The van der Waals surface area contributed by atoms with Gasteiger partial charge in [-0.25, -0.2) is 0 Å². The third kappa shape index (κ3) is 3.73. The molecule has 3 unspecified atom stereocenters. The molecule has 2 saturated carbocycles. The molecule has 3 rings (SSSR count). The van der Waals surface area contributed by atoms with Crippen LogP contribution in [0.25, 0.3) is 0 Å². The fourth-order valence-corrected chi connectivity index (χ4v) is 5.85. The molecule has 0 amide bonds. The molecule has 0 nitrogen and oxygen atoms in total. The minimum atomic E-state index is 0.477. The summed E-state index contributed by atoms with van der Waals surface area (Å²) in [6.07, 6.45) is 11.5. The van der Waals surface area contributed by atoms with Gasteiger partial charge in [-0.3, -0.25) is 0 Å². The van der Waals surface area contributed by atoms with Gasteiger partial charge in [0.15, 0.2) is 0 Å². The first kappa shape index (κ1) is 18.0. The van der Waals surface area contributed by atoms with Crippen LogP contribution in [0, 0.1) is 35.5 Å². The second-order valence-corrected chi connectivity index (χ2v) is 10.0. The van der Waals surface area contributed by atoms with E-state index in [9.17, 15) is 0 Å². The molecule has 24 heavy (non-hydrogen) atoms. The maximum atomic E-state index is 2.61. The number of hydrogen-bond donors (Lipinski definition) is 0. The van der Waals surface area contributed by atoms with E-state index in [1.165, 1.54) is 56.9 Å². The molecule has 0 aliphatic heterocycles. The van der Waals surface area contributed by atoms with E-state index in [0.29, 0.717) is 10.8 Å². The fourth-order valence-electron chi connectivity index (χ4n) is 5.85. The van der Waals surface area contributed by atoms with Gasteiger partial charge in [-0.2, -0.15) is 0 Å². The van der Waals surface area contributed by atoms with Crippen molar-refractivity contribution in [2.24, 2.45) is 28.6 Å². The molecule has 0 N–H and O–H groups in total. The van der Waals surface area contributed by atoms with Crippen LogP contribution in [0.3, 0.4) is 0 Å². The summed E-state index contributed by atoms with van der Waals surface area (Å²) in [7, 11) is 0. The van der Waals surface area contributed by atoms with Gasteiger partial charge < -0.3 is 0 Å². The van der Waals surface area contributed by atoms with Gasteiger partial charge in [0.2, 0.25) is 0 Å². The van der Waals surface area contributed by atoms with Crippen molar-refractivity contribution in [1.82, 2.24) is 0 Å². The summed E-state index contributed by atoms with van der Waals surface area (Å²) in [6.45, 7) is 12.4. The molecule has 0 heterocycles. The normalized spacial score (nSPS) is 40.0. The maximum absolute atomic E-state index is 2.61. The maximum Gasteiger partial charge on any atom is -0.0222 e. The monoisotopic (exact) mass is 326 g/mol. The molecular formula is C24H38. The van der Waals surface area contributed by atoms with Crippen LogP contribution >= 0.6 is 0 Å². The predicted octanol–water partition coefficient (Wildman–Crippen LogP) is 7.20. The summed E-state index contributed by atoms with van der Waals surface area (Å²) in [5.41, 5.74) is 3.98. The quantitative estimate of drug-likeness (QED) is 0.549. The van der Waals surface area contributed by atoms with Crippen molar-refractivity contribution in [2.75, 3.05) is 0 Å². The van der Waals surface area contributed by atoms with E-state index in [1.54, 1.807) is 5.56 Å². The third-order valence-electron chi connectivity index (χ3n) is 7.94. The molecule has 1 aromatic carbocycles. The van der Waals surface area contributed by atoms with Crippen molar-refractivity contribution in [1.29, 1.82) is 0 Å². The van der Waals surface area contributed by atoms with Crippen LogP contribution in [0.4, 0.5) is 0 Å². The lowest BCUT2D eigenvalue weighted by Crippen LogP contribution is -2.33. The molecule has 2 fully saturated rings. The van der Waals surface area contributed by atoms with E-state index < -0.39 is 0 Å². The minimum absolute atomic E-state index is 0.477. The number of benzene rings is 1. The van der Waals surface area contributed by atoms with Gasteiger partial charge in [0.25, 0.3) is 0 Å². The Labute approximate surface area is 150 Å². The Kier molecular flexibility index (Phi) is 5.14. The van der Waals surface area contributed by atoms with Crippen molar-refractivity contribution in [2.45, 2.75) is 86.0 Å². The van der Waals surface area contributed by atoms with E-state index >= 15 is 0 Å². The van der Waals surface area contributed by atoms with Gasteiger partial charge in [0.05, 0.1) is 0 Å². The molecule has 0 aromatic heterocycles. The molecule has 0 heteroatoms. The van der Waals surface area contributed by atoms with Crippen LogP contribution in [0.2, 0.25) is 0 Å². The van der Waals surface area contributed by atoms with Gasteiger partial charge in [-0.1, -0.05) is 83.2 Å². The van der Waals surface area contributed by atoms with Crippen molar-refractivity contribution in [3.63, 3.8) is 0 Å². The highest BCUT2D eigenvalue weighted by atomic mass is 14.5. The Morgan fingerprint density at radius 3 is 2.29 bits per heavy atom. The molecule has 3 atom stereocenters. The largest absolute Gasteiger partial charge is 0.0625 e. The lowest BCUT2D eigenvalue weighted by molar-refractivity contribution is 0.0999. The summed E-state index contributed by atoms with van der Waals surface area (Å²) in [5.74, 6) is 2.79. The van der Waals surface area contributed by atoms with E-state index in [4.69, 9.17) is 0 Å². The third-order valence-corrected chi connectivity index (χ3v) is 7.94. The molecule has 2 aliphatic rings. The van der Waals surface area contributed by atoms with E-state index in [2.05, 4.69) is 58.9 Å². The van der Waals surface area contributed by atoms with Gasteiger partial charge in [-0.05, 0) is 66.8 Å². The molecular weight excluding hydrogens is 288 g/mol. The van der Waals surface area contributed by atoms with Gasteiger partial charge in [-0.15, -0.1) is 0 Å². The average Bonchev–Trinajstić information content (AvgIpc) is 2.75. The Morgan fingerprint density at radius 1 is 0.958 bits per heavy atom. The van der Waals surface area contributed by atoms with Crippen LogP contribution in [0.1, 0.15) is 83.8 Å². The Morgan fingerprint density at radius 2 is 1.62 bits per heavy atom. The standard InChI is InChI=1S/C24H38/c1-18-9-11-21(12-10-18)16-23(4)13-14-24(5,20(23)3)17-22-8-6-7-19(2)15-22/h6-8,15,18,20-21H,9-14,16-17H2,1-5H3. The number of hydrogen-bond acceptors (Lipinski definition) is 0. The van der Waals surface area contributed by atoms with Crippen LogP contribution in [-0.4, -0.2) is 0 Å². The Bertz CT molecular complexity index is 551. The number of aryl methyl sites for hydroxylation is 1. The molecule has 134 valence electrons. The fraction of sp³-hybridized carbons (Fsp3) is 0.750. The highest BCUT2D eigenvalue weighted by Crippen LogP contribution is 2.58. The van der Waals surface area contributed by atoms with Crippen molar-refractivity contribution in [3.8, 4) is 0 Å². The molecule has 0 bridgehead atoms. The van der Waals surface area contributed by atoms with Crippen molar-refractivity contribution < 1.29 is 0 Å². The molecule has 0 saturated heterocycles. The summed E-state index contributed by atoms with van der Waals surface area (Å²) in [4.78, 5) is 0. The van der Waals surface area contributed by atoms with Crippen LogP contribution in [0.15, 0.2) is 24.3 Å².